The average Bonchev–Trinajstić information content (AvgIpc) is 2.59. The van der Waals surface area contributed by atoms with E-state index in [0.717, 1.165) is 38.3 Å². The molecule has 0 bridgehead atoms. The molecule has 132 valence electrons. The lowest BCUT2D eigenvalue weighted by atomic mass is 10.0. The quantitative estimate of drug-likeness (QED) is 0.897. The smallest absolute Gasteiger partial charge is 0.251 e. The average molecular weight is 331 g/mol. The van der Waals surface area contributed by atoms with Crippen LogP contribution in [0.4, 0.5) is 0 Å². The molecule has 1 aromatic carbocycles. The van der Waals surface area contributed by atoms with Gasteiger partial charge in [0, 0.05) is 31.7 Å². The van der Waals surface area contributed by atoms with Crippen LogP contribution in [0.2, 0.25) is 0 Å². The SMILES string of the molecule is CCN1CCN(C(=O)C(NC(=O)c2ccc(C)cc2)C(C)C)CC1. The minimum Gasteiger partial charge on any atom is -0.340 e. The van der Waals surface area contributed by atoms with E-state index in [1.54, 1.807) is 12.1 Å². The molecule has 1 N–H and O–H groups in total. The van der Waals surface area contributed by atoms with E-state index in [1.165, 1.54) is 0 Å². The number of likely N-dealkylation sites (N-methyl/N-ethyl adjacent to an activating group) is 1. The van der Waals surface area contributed by atoms with Gasteiger partial charge in [-0.15, -0.1) is 0 Å². The molecule has 5 heteroatoms. The maximum absolute atomic E-state index is 12.8. The minimum atomic E-state index is -0.480. The van der Waals surface area contributed by atoms with Crippen LogP contribution in [0, 0.1) is 12.8 Å². The van der Waals surface area contributed by atoms with Crippen LogP contribution in [0.1, 0.15) is 36.7 Å². The van der Waals surface area contributed by atoms with Crippen molar-refractivity contribution in [2.75, 3.05) is 32.7 Å². The summed E-state index contributed by atoms with van der Waals surface area (Å²) in [7, 11) is 0. The summed E-state index contributed by atoms with van der Waals surface area (Å²) in [6, 6.07) is 6.93. The summed E-state index contributed by atoms with van der Waals surface area (Å²) in [5, 5.41) is 2.93. The van der Waals surface area contributed by atoms with Crippen molar-refractivity contribution in [2.45, 2.75) is 33.7 Å². The van der Waals surface area contributed by atoms with E-state index in [1.807, 2.05) is 37.8 Å². The highest BCUT2D eigenvalue weighted by Crippen LogP contribution is 2.11. The molecule has 0 radical (unpaired) electrons. The first-order valence-electron chi connectivity index (χ1n) is 8.81. The van der Waals surface area contributed by atoms with E-state index in [-0.39, 0.29) is 17.7 Å². The van der Waals surface area contributed by atoms with Crippen LogP contribution in [0.5, 0.6) is 0 Å². The highest BCUT2D eigenvalue weighted by Gasteiger charge is 2.30. The van der Waals surface area contributed by atoms with Crippen molar-refractivity contribution in [3.8, 4) is 0 Å². The Morgan fingerprint density at radius 1 is 1.08 bits per heavy atom. The van der Waals surface area contributed by atoms with Gasteiger partial charge >= 0.3 is 0 Å². The minimum absolute atomic E-state index is 0.0289. The summed E-state index contributed by atoms with van der Waals surface area (Å²) in [5.41, 5.74) is 1.70. The van der Waals surface area contributed by atoms with Crippen LogP contribution in [0.25, 0.3) is 0 Å². The van der Waals surface area contributed by atoms with Gasteiger partial charge in [-0.1, -0.05) is 38.5 Å². The lowest BCUT2D eigenvalue weighted by Crippen LogP contribution is -2.56. The van der Waals surface area contributed by atoms with Crippen molar-refractivity contribution >= 4 is 11.8 Å². The number of hydrogen-bond acceptors (Lipinski definition) is 3. The fraction of sp³-hybridized carbons (Fsp3) is 0.579. The molecule has 0 aliphatic carbocycles. The second-order valence-corrected chi connectivity index (χ2v) is 6.82. The Morgan fingerprint density at radius 2 is 1.67 bits per heavy atom. The van der Waals surface area contributed by atoms with Crippen molar-refractivity contribution in [1.29, 1.82) is 0 Å². The molecule has 1 unspecified atom stereocenters. The molecular formula is C19H29N3O2. The number of nitrogens with one attached hydrogen (secondary N) is 1. The van der Waals surface area contributed by atoms with Crippen molar-refractivity contribution in [2.24, 2.45) is 5.92 Å². The van der Waals surface area contributed by atoms with E-state index in [2.05, 4.69) is 17.1 Å². The summed E-state index contributed by atoms with van der Waals surface area (Å²) in [5.74, 6) is -0.105. The molecule has 1 heterocycles. The Kier molecular flexibility index (Phi) is 6.37. The standard InChI is InChI=1S/C19H29N3O2/c1-5-21-10-12-22(13-11-21)19(24)17(14(2)3)20-18(23)16-8-6-15(4)7-9-16/h6-9,14,17H,5,10-13H2,1-4H3,(H,20,23). The van der Waals surface area contributed by atoms with Crippen molar-refractivity contribution in [3.05, 3.63) is 35.4 Å². The third kappa shape index (κ3) is 4.57. The largest absolute Gasteiger partial charge is 0.340 e. The normalized spacial score (nSPS) is 17.0. The van der Waals surface area contributed by atoms with Crippen LogP contribution < -0.4 is 5.32 Å². The molecule has 0 spiro atoms. The first kappa shape index (κ1) is 18.5. The highest BCUT2D eigenvalue weighted by molar-refractivity contribution is 5.97. The summed E-state index contributed by atoms with van der Waals surface area (Å²) >= 11 is 0. The summed E-state index contributed by atoms with van der Waals surface area (Å²) in [6.07, 6.45) is 0. The molecule has 1 aliphatic heterocycles. The number of amides is 2. The van der Waals surface area contributed by atoms with Gasteiger partial charge in [0.1, 0.15) is 6.04 Å². The number of rotatable bonds is 5. The number of carbonyl (C=O) groups is 2. The number of nitrogens with zero attached hydrogens (tertiary/aromatic N) is 2. The number of carbonyl (C=O) groups excluding carboxylic acids is 2. The van der Waals surface area contributed by atoms with Crippen molar-refractivity contribution in [1.82, 2.24) is 15.1 Å². The van der Waals surface area contributed by atoms with E-state index >= 15 is 0 Å². The molecule has 2 rings (SSSR count). The Balaban J connectivity index is 2.02. The Hall–Kier alpha value is -1.88. The van der Waals surface area contributed by atoms with Gasteiger partial charge in [-0.3, -0.25) is 9.59 Å². The third-order valence-corrected chi connectivity index (χ3v) is 4.66. The van der Waals surface area contributed by atoms with Crippen LogP contribution >= 0.6 is 0 Å². The van der Waals surface area contributed by atoms with Crippen LogP contribution in [-0.2, 0) is 4.79 Å². The lowest BCUT2D eigenvalue weighted by Gasteiger charge is -2.36. The predicted octanol–water partition coefficient (Wildman–Crippen LogP) is 1.91. The van der Waals surface area contributed by atoms with Gasteiger partial charge in [-0.25, -0.2) is 0 Å². The Bertz CT molecular complexity index is 560. The van der Waals surface area contributed by atoms with Gasteiger partial charge in [0.05, 0.1) is 0 Å². The van der Waals surface area contributed by atoms with E-state index in [9.17, 15) is 9.59 Å². The van der Waals surface area contributed by atoms with Gasteiger partial charge in [0.15, 0.2) is 0 Å². The van der Waals surface area contributed by atoms with E-state index in [0.29, 0.717) is 5.56 Å². The highest BCUT2D eigenvalue weighted by atomic mass is 16.2. The number of aryl methyl sites for hydroxylation is 1. The molecule has 1 fully saturated rings. The van der Waals surface area contributed by atoms with E-state index < -0.39 is 6.04 Å². The first-order chi connectivity index (χ1) is 11.4. The first-order valence-corrected chi connectivity index (χ1v) is 8.81. The van der Waals surface area contributed by atoms with Gasteiger partial charge in [-0.05, 0) is 31.5 Å². The molecule has 0 aromatic heterocycles. The second kappa shape index (κ2) is 8.29. The molecule has 24 heavy (non-hydrogen) atoms. The topological polar surface area (TPSA) is 52.6 Å². The Labute approximate surface area is 145 Å². The molecule has 1 saturated heterocycles. The van der Waals surface area contributed by atoms with Crippen molar-refractivity contribution in [3.63, 3.8) is 0 Å². The molecule has 1 aliphatic rings. The number of hydrogen-bond donors (Lipinski definition) is 1. The van der Waals surface area contributed by atoms with Gasteiger partial charge < -0.3 is 15.1 Å². The second-order valence-electron chi connectivity index (χ2n) is 6.82. The molecule has 1 aromatic rings. The van der Waals surface area contributed by atoms with Crippen molar-refractivity contribution < 1.29 is 9.59 Å². The van der Waals surface area contributed by atoms with E-state index in [4.69, 9.17) is 0 Å². The third-order valence-electron chi connectivity index (χ3n) is 4.66. The molecular weight excluding hydrogens is 302 g/mol. The zero-order valence-electron chi connectivity index (χ0n) is 15.2. The summed E-state index contributed by atoms with van der Waals surface area (Å²) in [4.78, 5) is 29.5. The maximum Gasteiger partial charge on any atom is 0.251 e. The van der Waals surface area contributed by atoms with Gasteiger partial charge in [0.25, 0.3) is 5.91 Å². The van der Waals surface area contributed by atoms with Crippen LogP contribution in [-0.4, -0.2) is 60.4 Å². The molecule has 0 saturated carbocycles. The monoisotopic (exact) mass is 331 g/mol. The lowest BCUT2D eigenvalue weighted by molar-refractivity contribution is -0.136. The fourth-order valence-electron chi connectivity index (χ4n) is 2.92. The fourth-order valence-corrected chi connectivity index (χ4v) is 2.92. The van der Waals surface area contributed by atoms with Gasteiger partial charge in [-0.2, -0.15) is 0 Å². The summed E-state index contributed by atoms with van der Waals surface area (Å²) < 4.78 is 0. The zero-order valence-corrected chi connectivity index (χ0v) is 15.2. The maximum atomic E-state index is 12.8. The molecule has 5 nitrogen and oxygen atoms in total. The Morgan fingerprint density at radius 3 is 2.17 bits per heavy atom. The number of piperazine rings is 1. The van der Waals surface area contributed by atoms with Gasteiger partial charge in [0.2, 0.25) is 5.91 Å². The van der Waals surface area contributed by atoms with Crippen LogP contribution in [0.3, 0.4) is 0 Å². The molecule has 1 atom stereocenters. The summed E-state index contributed by atoms with van der Waals surface area (Å²) in [6.45, 7) is 12.3. The van der Waals surface area contributed by atoms with Crippen LogP contribution in [0.15, 0.2) is 24.3 Å². The predicted molar refractivity (Wildman–Crippen MR) is 96.0 cm³/mol. The molecule has 2 amide bonds. The number of benzene rings is 1. The zero-order chi connectivity index (χ0) is 17.7.